The van der Waals surface area contributed by atoms with Crippen LogP contribution in [0.5, 0.6) is 0 Å². The number of quaternary nitrogens is 1. The van der Waals surface area contributed by atoms with E-state index in [-0.39, 0.29) is 19.3 Å². The van der Waals surface area contributed by atoms with Gasteiger partial charge in [0.25, 0.3) is 0 Å². The van der Waals surface area contributed by atoms with Gasteiger partial charge < -0.3 is 10.5 Å². The molecule has 0 unspecified atom stereocenters. The molecule has 1 aliphatic heterocycles. The Labute approximate surface area is 151 Å². The molecular weight excluding hydrogens is 340 g/mol. The van der Waals surface area contributed by atoms with Gasteiger partial charge in [0.15, 0.2) is 0 Å². The molecule has 2 N–H and O–H groups in total. The van der Waals surface area contributed by atoms with Crippen molar-refractivity contribution in [2.75, 3.05) is 0 Å². The normalized spacial score (nSPS) is 17.7. The summed E-state index contributed by atoms with van der Waals surface area (Å²) in [5.41, 5.74) is 5.65. The van der Waals surface area contributed by atoms with Crippen LogP contribution >= 0.6 is 0 Å². The number of imide groups is 3. The largest absolute Gasteiger partial charge is 0.576 e. The number of amides is 3. The lowest BCUT2D eigenvalue weighted by atomic mass is 10.1. The van der Waals surface area contributed by atoms with Crippen LogP contribution in [-0.2, 0) is 30.4 Å². The lowest BCUT2D eigenvalue weighted by molar-refractivity contribution is -0.895. The van der Waals surface area contributed by atoms with E-state index in [2.05, 4.69) is 0 Å². The number of hydroxylamine groups is 3. The van der Waals surface area contributed by atoms with Gasteiger partial charge in [-0.3, -0.25) is 0 Å². The highest BCUT2D eigenvalue weighted by atomic mass is 16.8. The summed E-state index contributed by atoms with van der Waals surface area (Å²) in [4.78, 5) is 54.5. The third-order valence-electron chi connectivity index (χ3n) is 3.73. The maximum absolute atomic E-state index is 12.5. The first-order valence-corrected chi connectivity index (χ1v) is 8.28. The first kappa shape index (κ1) is 19.7. The molecule has 3 amide bonds. The van der Waals surface area contributed by atoms with Crippen LogP contribution in [0.4, 0.5) is 4.79 Å². The monoisotopic (exact) mass is 363 g/mol. The zero-order chi connectivity index (χ0) is 19.5. The van der Waals surface area contributed by atoms with Crippen molar-refractivity contribution in [1.29, 1.82) is 0 Å². The number of benzene rings is 1. The summed E-state index contributed by atoms with van der Waals surface area (Å²) >= 11 is 0. The summed E-state index contributed by atoms with van der Waals surface area (Å²) in [7, 11) is 0. The number of nitrogens with two attached hydrogens (primary N) is 1. The average Bonchev–Trinajstić information content (AvgIpc) is 2.83. The molecule has 1 aromatic rings. The summed E-state index contributed by atoms with van der Waals surface area (Å²) in [5, 5.41) is 0. The standard InChI is InChI=1S/C18H23N2O6/c1-18(2,3)25-17(24)20(14(21)9-10-15(20)22)26-16(23)13(19)11-12-7-5-4-6-8-12/h4-8,13H,9-11,19H2,1-3H3/q+1/t13-/m0/s1. The van der Waals surface area contributed by atoms with Gasteiger partial charge in [-0.25, -0.2) is 19.2 Å². The molecule has 8 nitrogen and oxygen atoms in total. The minimum atomic E-state index is -1.72. The smallest absolute Gasteiger partial charge is 0.411 e. The molecule has 8 heteroatoms. The van der Waals surface area contributed by atoms with E-state index in [0.717, 1.165) is 5.56 Å². The number of rotatable bonds is 3. The van der Waals surface area contributed by atoms with Crippen molar-refractivity contribution >= 4 is 23.9 Å². The average molecular weight is 363 g/mol. The minimum absolute atomic E-state index is 0.135. The van der Waals surface area contributed by atoms with Crippen molar-refractivity contribution in [1.82, 2.24) is 0 Å². The van der Waals surface area contributed by atoms with Crippen LogP contribution in [-0.4, -0.2) is 40.2 Å². The second-order valence-electron chi connectivity index (χ2n) is 7.08. The molecule has 1 aromatic carbocycles. The maximum atomic E-state index is 12.5. The molecule has 0 radical (unpaired) electrons. The Morgan fingerprint density at radius 1 is 1.12 bits per heavy atom. The fraction of sp³-hybridized carbons (Fsp3) is 0.444. The van der Waals surface area contributed by atoms with Crippen molar-refractivity contribution in [2.24, 2.45) is 5.73 Å². The molecule has 1 heterocycles. The van der Waals surface area contributed by atoms with Gasteiger partial charge in [0.1, 0.15) is 11.6 Å². The molecule has 1 atom stereocenters. The third kappa shape index (κ3) is 4.14. The number of hydrogen-bond acceptors (Lipinski definition) is 7. The van der Waals surface area contributed by atoms with Crippen LogP contribution in [0.1, 0.15) is 39.2 Å². The highest BCUT2D eigenvalue weighted by molar-refractivity contribution is 6.00. The van der Waals surface area contributed by atoms with Gasteiger partial charge in [-0.2, -0.15) is 4.79 Å². The highest BCUT2D eigenvalue weighted by Crippen LogP contribution is 2.28. The van der Waals surface area contributed by atoms with Crippen molar-refractivity contribution in [2.45, 2.75) is 51.7 Å². The molecule has 2 rings (SSSR count). The molecule has 0 spiro atoms. The molecule has 26 heavy (non-hydrogen) atoms. The van der Waals surface area contributed by atoms with Crippen LogP contribution in [0.25, 0.3) is 0 Å². The van der Waals surface area contributed by atoms with Gasteiger partial charge in [-0.15, -0.1) is 0 Å². The number of carbonyl (C=O) groups excluding carboxylic acids is 4. The molecular formula is C18H23N2O6+. The highest BCUT2D eigenvalue weighted by Gasteiger charge is 2.64. The Hall–Kier alpha value is -2.58. The zero-order valence-corrected chi connectivity index (χ0v) is 15.1. The van der Waals surface area contributed by atoms with Crippen molar-refractivity contribution < 1.29 is 33.4 Å². The first-order valence-electron chi connectivity index (χ1n) is 8.28. The number of ether oxygens (including phenoxy) is 1. The predicted octanol–water partition coefficient (Wildman–Crippen LogP) is 1.61. The number of carbonyl (C=O) groups is 4. The molecule has 0 saturated carbocycles. The summed E-state index contributed by atoms with van der Waals surface area (Å²) in [6.07, 6.45) is -1.51. The molecule has 0 aromatic heterocycles. The van der Waals surface area contributed by atoms with E-state index in [0.29, 0.717) is 0 Å². The van der Waals surface area contributed by atoms with Crippen LogP contribution in [0.2, 0.25) is 0 Å². The molecule has 1 aliphatic rings. The van der Waals surface area contributed by atoms with Gasteiger partial charge in [-0.1, -0.05) is 30.3 Å². The van der Waals surface area contributed by atoms with Crippen molar-refractivity contribution in [3.05, 3.63) is 35.9 Å². The number of nitrogens with zero attached hydrogens (tertiary/aromatic N) is 1. The molecule has 0 bridgehead atoms. The Kier molecular flexibility index (Phi) is 5.58. The lowest BCUT2D eigenvalue weighted by Gasteiger charge is -2.26. The van der Waals surface area contributed by atoms with Crippen LogP contribution < -0.4 is 5.73 Å². The molecule has 0 aliphatic carbocycles. The topological polar surface area (TPSA) is 113 Å². The van der Waals surface area contributed by atoms with E-state index in [9.17, 15) is 19.2 Å². The predicted molar refractivity (Wildman–Crippen MR) is 90.0 cm³/mol. The second kappa shape index (κ2) is 7.35. The third-order valence-corrected chi connectivity index (χ3v) is 3.73. The Bertz CT molecular complexity index is 707. The van der Waals surface area contributed by atoms with Gasteiger partial charge in [0, 0.05) is 0 Å². The zero-order valence-electron chi connectivity index (χ0n) is 15.1. The van der Waals surface area contributed by atoms with Crippen molar-refractivity contribution in [3.63, 3.8) is 0 Å². The van der Waals surface area contributed by atoms with Gasteiger partial charge >= 0.3 is 23.9 Å². The van der Waals surface area contributed by atoms with E-state index >= 15 is 0 Å². The fourth-order valence-corrected chi connectivity index (χ4v) is 2.49. The fourth-order valence-electron chi connectivity index (χ4n) is 2.49. The molecule has 1 fully saturated rings. The molecule has 1 saturated heterocycles. The van der Waals surface area contributed by atoms with Gasteiger partial charge in [0.05, 0.1) is 17.5 Å². The summed E-state index contributed by atoms with van der Waals surface area (Å²) in [6, 6.07) is 7.80. The lowest BCUT2D eigenvalue weighted by Crippen LogP contribution is -2.60. The van der Waals surface area contributed by atoms with Crippen LogP contribution in [0.3, 0.4) is 0 Å². The van der Waals surface area contributed by atoms with Crippen LogP contribution in [0, 0.1) is 0 Å². The maximum Gasteiger partial charge on any atom is 0.576 e. The van der Waals surface area contributed by atoms with E-state index in [1.807, 2.05) is 6.07 Å². The number of hydrogen-bond donors (Lipinski definition) is 1. The van der Waals surface area contributed by atoms with Gasteiger partial charge in [0.2, 0.25) is 0 Å². The summed E-state index contributed by atoms with van der Waals surface area (Å²) < 4.78 is 3.41. The minimum Gasteiger partial charge on any atom is -0.411 e. The Morgan fingerprint density at radius 3 is 2.15 bits per heavy atom. The van der Waals surface area contributed by atoms with Crippen molar-refractivity contribution in [3.8, 4) is 0 Å². The number of likely N-dealkylation sites (tertiary alicyclic amines) is 1. The van der Waals surface area contributed by atoms with E-state index in [4.69, 9.17) is 15.3 Å². The summed E-state index contributed by atoms with van der Waals surface area (Å²) in [6.45, 7) is 4.74. The first-order chi connectivity index (χ1) is 12.1. The van der Waals surface area contributed by atoms with Crippen LogP contribution in [0.15, 0.2) is 30.3 Å². The van der Waals surface area contributed by atoms with Gasteiger partial charge in [-0.05, 0) is 32.8 Å². The molecule has 140 valence electrons. The Morgan fingerprint density at radius 2 is 1.65 bits per heavy atom. The quantitative estimate of drug-likeness (QED) is 0.641. The van der Waals surface area contributed by atoms with E-state index in [1.165, 1.54) is 0 Å². The van der Waals surface area contributed by atoms with E-state index in [1.54, 1.807) is 45.0 Å². The van der Waals surface area contributed by atoms with E-state index < -0.39 is 40.2 Å². The second-order valence-corrected chi connectivity index (χ2v) is 7.08. The summed E-state index contributed by atoms with van der Waals surface area (Å²) in [5.74, 6) is -2.71. The SMILES string of the molecule is CC(C)(C)OC(=O)[N+]1(OC(=O)[C@@H](N)Cc2ccccc2)C(=O)CCC1=O. The Balaban J connectivity index is 2.22.